The number of carboxylic acid groups (broad SMARTS) is 1. The molecule has 0 radical (unpaired) electrons. The molecule has 1 amide bonds. The molecule has 3 heterocycles. The van der Waals surface area contributed by atoms with Gasteiger partial charge in [0, 0.05) is 38.5 Å². The van der Waals surface area contributed by atoms with Gasteiger partial charge in [0.15, 0.2) is 5.82 Å². The molecule has 0 aromatic carbocycles. The van der Waals surface area contributed by atoms with Crippen molar-refractivity contribution >= 4 is 11.8 Å². The fourth-order valence-electron chi connectivity index (χ4n) is 3.01. The Morgan fingerprint density at radius 1 is 1.33 bits per heavy atom. The van der Waals surface area contributed by atoms with Crippen LogP contribution in [0.3, 0.4) is 0 Å². The van der Waals surface area contributed by atoms with E-state index >= 15 is 0 Å². The summed E-state index contributed by atoms with van der Waals surface area (Å²) in [5, 5.41) is 8.98. The zero-order chi connectivity index (χ0) is 15.3. The maximum atomic E-state index is 13.0. The first-order valence-electron chi connectivity index (χ1n) is 6.72. The van der Waals surface area contributed by atoms with E-state index in [2.05, 4.69) is 9.97 Å². The standard InChI is InChI=1S/C13H16F2N4O2/c1-12(14,15)10-16-4-9(5-17-10)19-7-13(8-19)2-3-18(6-13)11(20)21/h4-5H,2-3,6-8H2,1H3,(H,20,21). The Bertz CT molecular complexity index is 552. The van der Waals surface area contributed by atoms with Crippen molar-refractivity contribution in [1.82, 2.24) is 14.9 Å². The molecule has 8 heteroatoms. The lowest BCUT2D eigenvalue weighted by molar-refractivity contribution is 0.00767. The van der Waals surface area contributed by atoms with E-state index in [-0.39, 0.29) is 5.41 Å². The molecule has 3 rings (SSSR count). The van der Waals surface area contributed by atoms with Crippen molar-refractivity contribution in [2.45, 2.75) is 19.3 Å². The zero-order valence-corrected chi connectivity index (χ0v) is 11.6. The summed E-state index contributed by atoms with van der Waals surface area (Å²) in [6, 6.07) is 0. The fraction of sp³-hybridized carbons (Fsp3) is 0.615. The second-order valence-electron chi connectivity index (χ2n) is 5.96. The maximum Gasteiger partial charge on any atom is 0.407 e. The molecule has 6 nitrogen and oxygen atoms in total. The van der Waals surface area contributed by atoms with Gasteiger partial charge in [-0.25, -0.2) is 14.8 Å². The number of amides is 1. The van der Waals surface area contributed by atoms with Gasteiger partial charge >= 0.3 is 12.0 Å². The summed E-state index contributed by atoms with van der Waals surface area (Å²) in [7, 11) is 0. The molecule has 1 aromatic heterocycles. The lowest BCUT2D eigenvalue weighted by atomic mass is 9.79. The van der Waals surface area contributed by atoms with Crippen molar-refractivity contribution in [2.75, 3.05) is 31.1 Å². The molecule has 2 aliphatic rings. The minimum atomic E-state index is -3.04. The monoisotopic (exact) mass is 298 g/mol. The lowest BCUT2D eigenvalue weighted by Gasteiger charge is -2.49. The van der Waals surface area contributed by atoms with Crippen molar-refractivity contribution in [1.29, 1.82) is 0 Å². The first-order chi connectivity index (χ1) is 9.79. The largest absolute Gasteiger partial charge is 0.465 e. The summed E-state index contributed by atoms with van der Waals surface area (Å²) in [5.74, 6) is -3.53. The molecule has 0 aliphatic carbocycles. The van der Waals surface area contributed by atoms with Crippen molar-refractivity contribution < 1.29 is 18.7 Å². The number of hydrogen-bond acceptors (Lipinski definition) is 4. The second kappa shape index (κ2) is 4.51. The summed E-state index contributed by atoms with van der Waals surface area (Å²) in [5.41, 5.74) is 0.688. The van der Waals surface area contributed by atoms with Gasteiger partial charge in [0.2, 0.25) is 0 Å². The highest BCUT2D eigenvalue weighted by Gasteiger charge is 2.49. The predicted octanol–water partition coefficient (Wildman–Crippen LogP) is 1.78. The van der Waals surface area contributed by atoms with E-state index in [0.717, 1.165) is 13.3 Å². The Kier molecular flexibility index (Phi) is 3.00. The Labute approximate surface area is 120 Å². The predicted molar refractivity (Wildman–Crippen MR) is 70.5 cm³/mol. The van der Waals surface area contributed by atoms with Crippen LogP contribution in [-0.2, 0) is 5.92 Å². The number of halogens is 2. The quantitative estimate of drug-likeness (QED) is 0.901. The van der Waals surface area contributed by atoms with Crippen LogP contribution in [-0.4, -0.2) is 52.2 Å². The molecule has 0 bridgehead atoms. The van der Waals surface area contributed by atoms with Crippen LogP contribution in [0.25, 0.3) is 0 Å². The van der Waals surface area contributed by atoms with Gasteiger partial charge in [-0.15, -0.1) is 0 Å². The molecule has 0 saturated carbocycles. The summed E-state index contributed by atoms with van der Waals surface area (Å²) >= 11 is 0. The Hall–Kier alpha value is -1.99. The average Bonchev–Trinajstić information content (AvgIpc) is 2.81. The zero-order valence-electron chi connectivity index (χ0n) is 11.6. The van der Waals surface area contributed by atoms with Crippen molar-refractivity contribution in [3.05, 3.63) is 18.2 Å². The number of likely N-dealkylation sites (tertiary alicyclic amines) is 1. The van der Waals surface area contributed by atoms with Gasteiger partial charge < -0.3 is 14.9 Å². The van der Waals surface area contributed by atoms with Gasteiger partial charge in [-0.05, 0) is 6.42 Å². The van der Waals surface area contributed by atoms with E-state index in [1.54, 1.807) is 0 Å². The Balaban J connectivity index is 1.63. The topological polar surface area (TPSA) is 69.6 Å². The maximum absolute atomic E-state index is 13.0. The second-order valence-corrected chi connectivity index (χ2v) is 5.96. The average molecular weight is 298 g/mol. The number of nitrogens with zero attached hydrogens (tertiary/aromatic N) is 4. The van der Waals surface area contributed by atoms with Crippen LogP contribution in [0.15, 0.2) is 12.4 Å². The minimum absolute atomic E-state index is 0.00818. The Morgan fingerprint density at radius 3 is 2.43 bits per heavy atom. The number of aromatic nitrogens is 2. The highest BCUT2D eigenvalue weighted by molar-refractivity contribution is 5.65. The molecular weight excluding hydrogens is 282 g/mol. The number of rotatable bonds is 2. The van der Waals surface area contributed by atoms with Crippen molar-refractivity contribution in [3.63, 3.8) is 0 Å². The van der Waals surface area contributed by atoms with Crippen LogP contribution < -0.4 is 4.90 Å². The van der Waals surface area contributed by atoms with Crippen LogP contribution in [0.4, 0.5) is 19.3 Å². The molecule has 1 spiro atoms. The van der Waals surface area contributed by atoms with Crippen LogP contribution in [0, 0.1) is 5.41 Å². The van der Waals surface area contributed by atoms with Crippen molar-refractivity contribution in [2.24, 2.45) is 5.41 Å². The number of alkyl halides is 2. The third-order valence-electron chi connectivity index (χ3n) is 4.16. The number of anilines is 1. The van der Waals surface area contributed by atoms with Gasteiger partial charge in [-0.1, -0.05) is 0 Å². The third kappa shape index (κ3) is 2.50. The number of hydrogen-bond donors (Lipinski definition) is 1. The molecule has 21 heavy (non-hydrogen) atoms. The normalized spacial score (nSPS) is 20.7. The van der Waals surface area contributed by atoms with Gasteiger partial charge in [0.25, 0.3) is 0 Å². The first kappa shape index (κ1) is 14.0. The van der Waals surface area contributed by atoms with E-state index in [1.807, 2.05) is 4.90 Å². The first-order valence-corrected chi connectivity index (χ1v) is 6.72. The van der Waals surface area contributed by atoms with E-state index < -0.39 is 17.8 Å². The summed E-state index contributed by atoms with van der Waals surface area (Å²) in [6.45, 7) is 3.27. The fourth-order valence-corrected chi connectivity index (χ4v) is 3.01. The van der Waals surface area contributed by atoms with Gasteiger partial charge in [-0.3, -0.25) is 0 Å². The smallest absolute Gasteiger partial charge is 0.407 e. The molecule has 2 fully saturated rings. The van der Waals surface area contributed by atoms with Crippen LogP contribution in [0.1, 0.15) is 19.2 Å². The van der Waals surface area contributed by atoms with Gasteiger partial charge in [0.05, 0.1) is 18.1 Å². The third-order valence-corrected chi connectivity index (χ3v) is 4.16. The molecule has 2 saturated heterocycles. The van der Waals surface area contributed by atoms with E-state index in [0.29, 0.717) is 31.9 Å². The molecule has 0 atom stereocenters. The van der Waals surface area contributed by atoms with E-state index in [1.165, 1.54) is 17.3 Å². The molecule has 1 aromatic rings. The molecule has 1 N–H and O–H groups in total. The number of carbonyl (C=O) groups is 1. The van der Waals surface area contributed by atoms with E-state index in [9.17, 15) is 13.6 Å². The van der Waals surface area contributed by atoms with Crippen LogP contribution in [0.5, 0.6) is 0 Å². The van der Waals surface area contributed by atoms with Crippen LogP contribution >= 0.6 is 0 Å². The Morgan fingerprint density at radius 2 is 1.95 bits per heavy atom. The lowest BCUT2D eigenvalue weighted by Crippen LogP contribution is -2.58. The van der Waals surface area contributed by atoms with E-state index in [4.69, 9.17) is 5.11 Å². The highest BCUT2D eigenvalue weighted by atomic mass is 19.3. The van der Waals surface area contributed by atoms with Gasteiger partial charge in [0.1, 0.15) is 0 Å². The molecule has 114 valence electrons. The summed E-state index contributed by atoms with van der Waals surface area (Å²) in [4.78, 5) is 21.8. The molecule has 2 aliphatic heterocycles. The summed E-state index contributed by atoms with van der Waals surface area (Å²) in [6.07, 6.45) is 2.75. The highest BCUT2D eigenvalue weighted by Crippen LogP contribution is 2.41. The minimum Gasteiger partial charge on any atom is -0.465 e. The molecular formula is C13H16F2N4O2. The van der Waals surface area contributed by atoms with Crippen molar-refractivity contribution in [3.8, 4) is 0 Å². The van der Waals surface area contributed by atoms with Crippen LogP contribution in [0.2, 0.25) is 0 Å². The molecule has 0 unspecified atom stereocenters. The summed E-state index contributed by atoms with van der Waals surface area (Å²) < 4.78 is 26.1. The van der Waals surface area contributed by atoms with Gasteiger partial charge in [-0.2, -0.15) is 8.78 Å². The SMILES string of the molecule is CC(F)(F)c1ncc(N2CC3(CCN(C(=O)O)C3)C2)cn1.